The van der Waals surface area contributed by atoms with Gasteiger partial charge in [-0.1, -0.05) is 11.6 Å². The summed E-state index contributed by atoms with van der Waals surface area (Å²) < 4.78 is 10.1. The van der Waals surface area contributed by atoms with Crippen LogP contribution in [0.25, 0.3) is 6.08 Å². The van der Waals surface area contributed by atoms with Crippen LogP contribution in [0.3, 0.4) is 0 Å². The summed E-state index contributed by atoms with van der Waals surface area (Å²) in [4.78, 5) is 12.3. The van der Waals surface area contributed by atoms with Gasteiger partial charge < -0.3 is 19.9 Å². The number of nitrogens with zero attached hydrogens (tertiary/aromatic N) is 1. The number of carbonyl (C=O) groups excluding carboxylic acids is 1. The van der Waals surface area contributed by atoms with Crippen LogP contribution in [-0.4, -0.2) is 25.2 Å². The van der Waals surface area contributed by atoms with E-state index in [-0.39, 0.29) is 22.8 Å². The standard InChI is InChI=1S/C18H15ClN2O4/c1-24-15-8-11(9-16(25-2)17(15)22)7-12(10-20)18(23)21-14-5-3-13(19)4-6-14/h3-9,22H,1-2H3,(H,21,23)/b12-7-. The Kier molecular flexibility index (Phi) is 5.88. The molecule has 25 heavy (non-hydrogen) atoms. The van der Waals surface area contributed by atoms with Gasteiger partial charge in [-0.25, -0.2) is 0 Å². The number of rotatable bonds is 5. The van der Waals surface area contributed by atoms with Crippen molar-refractivity contribution in [1.29, 1.82) is 5.26 Å². The van der Waals surface area contributed by atoms with Gasteiger partial charge in [0.2, 0.25) is 5.75 Å². The Morgan fingerprint density at radius 3 is 2.24 bits per heavy atom. The van der Waals surface area contributed by atoms with E-state index in [1.807, 2.05) is 6.07 Å². The lowest BCUT2D eigenvalue weighted by Gasteiger charge is -2.10. The van der Waals surface area contributed by atoms with Crippen LogP contribution in [-0.2, 0) is 4.79 Å². The monoisotopic (exact) mass is 358 g/mol. The number of methoxy groups -OCH3 is 2. The average molecular weight is 359 g/mol. The van der Waals surface area contributed by atoms with E-state index >= 15 is 0 Å². The van der Waals surface area contributed by atoms with E-state index in [0.29, 0.717) is 16.3 Å². The highest BCUT2D eigenvalue weighted by Crippen LogP contribution is 2.37. The number of benzene rings is 2. The lowest BCUT2D eigenvalue weighted by atomic mass is 10.1. The van der Waals surface area contributed by atoms with Crippen molar-refractivity contribution < 1.29 is 19.4 Å². The zero-order valence-corrected chi connectivity index (χ0v) is 14.3. The smallest absolute Gasteiger partial charge is 0.266 e. The second-order valence-electron chi connectivity index (χ2n) is 4.90. The molecule has 2 aromatic rings. The van der Waals surface area contributed by atoms with E-state index in [0.717, 1.165) is 0 Å². The Labute approximate surface area is 149 Å². The van der Waals surface area contributed by atoms with E-state index < -0.39 is 5.91 Å². The Balaban J connectivity index is 2.32. The Hall–Kier alpha value is -3.17. The van der Waals surface area contributed by atoms with Crippen molar-refractivity contribution in [3.05, 3.63) is 52.6 Å². The van der Waals surface area contributed by atoms with Crippen LogP contribution in [0.5, 0.6) is 17.2 Å². The average Bonchev–Trinajstić information content (AvgIpc) is 2.62. The third-order valence-electron chi connectivity index (χ3n) is 3.28. The van der Waals surface area contributed by atoms with Crippen molar-refractivity contribution in [3.63, 3.8) is 0 Å². The minimum Gasteiger partial charge on any atom is -0.502 e. The first-order valence-corrected chi connectivity index (χ1v) is 7.50. The number of phenols is 1. The van der Waals surface area contributed by atoms with Crippen LogP contribution < -0.4 is 14.8 Å². The fourth-order valence-electron chi connectivity index (χ4n) is 2.04. The van der Waals surface area contributed by atoms with Crippen LogP contribution >= 0.6 is 11.6 Å². The van der Waals surface area contributed by atoms with Gasteiger partial charge in [-0.2, -0.15) is 5.26 Å². The number of carbonyl (C=O) groups is 1. The molecule has 2 N–H and O–H groups in total. The van der Waals surface area contributed by atoms with Crippen LogP contribution in [0, 0.1) is 11.3 Å². The largest absolute Gasteiger partial charge is 0.502 e. The number of halogens is 1. The van der Waals surface area contributed by atoms with Gasteiger partial charge in [0, 0.05) is 10.7 Å². The molecule has 0 heterocycles. The molecule has 128 valence electrons. The maximum atomic E-state index is 12.3. The van der Waals surface area contributed by atoms with Gasteiger partial charge in [-0.15, -0.1) is 0 Å². The molecule has 0 aliphatic heterocycles. The van der Waals surface area contributed by atoms with Gasteiger partial charge in [0.05, 0.1) is 14.2 Å². The van der Waals surface area contributed by atoms with Gasteiger partial charge >= 0.3 is 0 Å². The molecule has 2 aromatic carbocycles. The highest BCUT2D eigenvalue weighted by Gasteiger charge is 2.13. The highest BCUT2D eigenvalue weighted by molar-refractivity contribution is 6.30. The van der Waals surface area contributed by atoms with Gasteiger partial charge in [0.25, 0.3) is 5.91 Å². The number of phenolic OH excluding ortho intramolecular Hbond substituents is 1. The molecule has 0 saturated carbocycles. The molecule has 0 atom stereocenters. The molecule has 0 aromatic heterocycles. The Morgan fingerprint density at radius 1 is 1.20 bits per heavy atom. The van der Waals surface area contributed by atoms with E-state index in [1.165, 1.54) is 32.4 Å². The predicted molar refractivity (Wildman–Crippen MR) is 94.9 cm³/mol. The molecule has 0 saturated heterocycles. The van der Waals surface area contributed by atoms with Gasteiger partial charge in [-0.3, -0.25) is 4.79 Å². The Bertz CT molecular complexity index is 829. The maximum absolute atomic E-state index is 12.3. The fourth-order valence-corrected chi connectivity index (χ4v) is 2.17. The predicted octanol–water partition coefficient (Wildman–Crippen LogP) is 3.61. The number of nitriles is 1. The lowest BCUT2D eigenvalue weighted by Crippen LogP contribution is -2.13. The number of aromatic hydroxyl groups is 1. The first-order chi connectivity index (χ1) is 12.0. The van der Waals surface area contributed by atoms with Gasteiger partial charge in [0.1, 0.15) is 11.6 Å². The second kappa shape index (κ2) is 8.08. The number of amides is 1. The molecule has 0 unspecified atom stereocenters. The van der Waals surface area contributed by atoms with Crippen molar-refractivity contribution in [1.82, 2.24) is 0 Å². The third-order valence-corrected chi connectivity index (χ3v) is 3.53. The molecular weight excluding hydrogens is 344 g/mol. The van der Waals surface area contributed by atoms with E-state index in [9.17, 15) is 15.2 Å². The summed E-state index contributed by atoms with van der Waals surface area (Å²) in [6, 6.07) is 11.3. The summed E-state index contributed by atoms with van der Waals surface area (Å²) in [5.41, 5.74) is 0.857. The van der Waals surface area contributed by atoms with Crippen molar-refractivity contribution in [3.8, 4) is 23.3 Å². The lowest BCUT2D eigenvalue weighted by molar-refractivity contribution is -0.112. The third kappa shape index (κ3) is 4.43. The first-order valence-electron chi connectivity index (χ1n) is 7.12. The number of nitrogens with one attached hydrogen (secondary N) is 1. The molecule has 0 radical (unpaired) electrons. The summed E-state index contributed by atoms with van der Waals surface area (Å²) >= 11 is 5.79. The van der Waals surface area contributed by atoms with Crippen LogP contribution in [0.15, 0.2) is 42.0 Å². The van der Waals surface area contributed by atoms with Crippen LogP contribution in [0.2, 0.25) is 5.02 Å². The zero-order chi connectivity index (χ0) is 18.4. The highest BCUT2D eigenvalue weighted by atomic mass is 35.5. The minimum atomic E-state index is -0.573. The quantitative estimate of drug-likeness (QED) is 0.629. The molecule has 6 nitrogen and oxygen atoms in total. The zero-order valence-electron chi connectivity index (χ0n) is 13.5. The second-order valence-corrected chi connectivity index (χ2v) is 5.34. The van der Waals surface area contributed by atoms with Crippen molar-refractivity contribution in [2.45, 2.75) is 0 Å². The fraction of sp³-hybridized carbons (Fsp3) is 0.111. The molecule has 1 amide bonds. The summed E-state index contributed by atoms with van der Waals surface area (Å²) in [5.74, 6) is -0.399. The SMILES string of the molecule is COc1cc(/C=C(/C#N)C(=O)Nc2ccc(Cl)cc2)cc(OC)c1O. The number of hydrogen-bond acceptors (Lipinski definition) is 5. The van der Waals surface area contributed by atoms with E-state index in [1.54, 1.807) is 24.3 Å². The van der Waals surface area contributed by atoms with Gasteiger partial charge in [0.15, 0.2) is 11.5 Å². The van der Waals surface area contributed by atoms with Crippen molar-refractivity contribution >= 4 is 29.3 Å². The van der Waals surface area contributed by atoms with E-state index in [2.05, 4.69) is 5.32 Å². The molecule has 0 aliphatic rings. The Morgan fingerprint density at radius 2 is 1.76 bits per heavy atom. The summed E-state index contributed by atoms with van der Waals surface area (Å²) in [5, 5.41) is 22.3. The summed E-state index contributed by atoms with van der Waals surface area (Å²) in [7, 11) is 2.78. The van der Waals surface area contributed by atoms with Crippen molar-refractivity contribution in [2.24, 2.45) is 0 Å². The summed E-state index contributed by atoms with van der Waals surface area (Å²) in [6.07, 6.45) is 1.37. The number of anilines is 1. The molecule has 0 bridgehead atoms. The molecule has 7 heteroatoms. The van der Waals surface area contributed by atoms with Crippen molar-refractivity contribution in [2.75, 3.05) is 19.5 Å². The molecule has 2 rings (SSSR count). The number of ether oxygens (including phenoxy) is 2. The topological polar surface area (TPSA) is 91.6 Å². The van der Waals surface area contributed by atoms with Gasteiger partial charge in [-0.05, 0) is 48.0 Å². The molecular formula is C18H15ClN2O4. The first kappa shape index (κ1) is 18.2. The minimum absolute atomic E-state index is 0.121. The summed E-state index contributed by atoms with van der Waals surface area (Å²) in [6.45, 7) is 0. The van der Waals surface area contributed by atoms with Crippen LogP contribution in [0.1, 0.15) is 5.56 Å². The maximum Gasteiger partial charge on any atom is 0.266 e. The van der Waals surface area contributed by atoms with Crippen LogP contribution in [0.4, 0.5) is 5.69 Å². The molecule has 0 spiro atoms. The normalized spacial score (nSPS) is 10.7. The van der Waals surface area contributed by atoms with E-state index in [4.69, 9.17) is 21.1 Å². The molecule has 0 fully saturated rings. The number of hydrogen-bond donors (Lipinski definition) is 2. The molecule has 0 aliphatic carbocycles.